The van der Waals surface area contributed by atoms with Crippen molar-refractivity contribution >= 4 is 35.4 Å². The number of carbonyl (C=O) groups is 1. The molecule has 2 aromatic carbocycles. The normalized spacial score (nSPS) is 13.9. The topological polar surface area (TPSA) is 75.1 Å². The molecule has 2 aliphatic heterocycles. The minimum Gasteiger partial charge on any atom is -0.493 e. The Labute approximate surface area is 226 Å². The first kappa shape index (κ1) is 25.5. The molecule has 0 radical (unpaired) electrons. The number of carbonyl (C=O) groups excluding carboxylic acids is 1. The summed E-state index contributed by atoms with van der Waals surface area (Å²) < 4.78 is 24.0. The first-order valence-electron chi connectivity index (χ1n) is 12.1. The van der Waals surface area contributed by atoms with Crippen molar-refractivity contribution in [3.8, 4) is 34.3 Å². The molecule has 0 unspecified atom stereocenters. The van der Waals surface area contributed by atoms with Crippen LogP contribution in [0, 0.1) is 0 Å². The van der Waals surface area contributed by atoms with Crippen LogP contribution in [0.1, 0.15) is 16.7 Å². The Morgan fingerprint density at radius 2 is 1.79 bits per heavy atom. The van der Waals surface area contributed by atoms with Gasteiger partial charge < -0.3 is 28.4 Å². The van der Waals surface area contributed by atoms with E-state index in [2.05, 4.69) is 4.98 Å². The van der Waals surface area contributed by atoms with E-state index in [9.17, 15) is 4.79 Å². The lowest BCUT2D eigenvalue weighted by Crippen LogP contribution is -2.34. The molecule has 8 nitrogen and oxygen atoms in total. The number of nitrogens with zero attached hydrogens (tertiary/aromatic N) is 3. The van der Waals surface area contributed by atoms with Crippen LogP contribution in [0.25, 0.3) is 28.4 Å². The van der Waals surface area contributed by atoms with Gasteiger partial charge in [-0.1, -0.05) is 0 Å². The van der Waals surface area contributed by atoms with Gasteiger partial charge >= 0.3 is 0 Å². The van der Waals surface area contributed by atoms with Gasteiger partial charge in [0.05, 0.1) is 19.9 Å². The largest absolute Gasteiger partial charge is 0.493 e. The van der Waals surface area contributed by atoms with Gasteiger partial charge in [0.25, 0.3) is 0 Å². The van der Waals surface area contributed by atoms with Gasteiger partial charge in [0, 0.05) is 48.9 Å². The summed E-state index contributed by atoms with van der Waals surface area (Å²) >= 11 is 0. The molecule has 2 aromatic heterocycles. The summed E-state index contributed by atoms with van der Waals surface area (Å²) in [5, 5.41) is 0.975. The lowest BCUT2D eigenvalue weighted by atomic mass is 9.98. The molecular formula is C29H28ClN3O5. The summed E-state index contributed by atoms with van der Waals surface area (Å²) in [6, 6.07) is 13.8. The van der Waals surface area contributed by atoms with Gasteiger partial charge in [-0.15, -0.1) is 12.4 Å². The number of methoxy groups -OCH3 is 2. The zero-order valence-corrected chi connectivity index (χ0v) is 22.2. The van der Waals surface area contributed by atoms with E-state index in [0.717, 1.165) is 45.6 Å². The molecule has 196 valence electrons. The fraction of sp³-hybridized carbons (Fsp3) is 0.241. The highest BCUT2D eigenvalue weighted by atomic mass is 35.5. The molecule has 4 aromatic rings. The third-order valence-electron chi connectivity index (χ3n) is 7.05. The summed E-state index contributed by atoms with van der Waals surface area (Å²) in [6.45, 7) is 1.37. The number of fused-ring (bicyclic) bond motifs is 3. The second-order valence-electron chi connectivity index (χ2n) is 9.08. The van der Waals surface area contributed by atoms with Crippen LogP contribution in [0.3, 0.4) is 0 Å². The minimum atomic E-state index is -0.0436. The van der Waals surface area contributed by atoms with Crippen molar-refractivity contribution in [3.05, 3.63) is 71.4 Å². The van der Waals surface area contributed by atoms with Crippen LogP contribution in [0.2, 0.25) is 0 Å². The third-order valence-corrected chi connectivity index (χ3v) is 7.05. The Bertz CT molecular complexity index is 1560. The van der Waals surface area contributed by atoms with Gasteiger partial charge in [-0.3, -0.25) is 4.79 Å². The zero-order chi connectivity index (χ0) is 25.5. The van der Waals surface area contributed by atoms with Crippen LogP contribution >= 0.6 is 12.4 Å². The number of amides is 1. The molecule has 4 heterocycles. The van der Waals surface area contributed by atoms with Crippen LogP contribution in [-0.4, -0.2) is 47.9 Å². The van der Waals surface area contributed by atoms with Crippen molar-refractivity contribution in [2.24, 2.45) is 7.05 Å². The van der Waals surface area contributed by atoms with Crippen molar-refractivity contribution in [1.82, 2.24) is 14.5 Å². The number of aromatic nitrogens is 2. The van der Waals surface area contributed by atoms with E-state index in [0.29, 0.717) is 30.3 Å². The summed E-state index contributed by atoms with van der Waals surface area (Å²) in [4.78, 5) is 19.8. The predicted octanol–water partition coefficient (Wildman–Crippen LogP) is 5.01. The van der Waals surface area contributed by atoms with Crippen LogP contribution in [0.5, 0.6) is 23.0 Å². The molecule has 0 atom stereocenters. The zero-order valence-electron chi connectivity index (χ0n) is 21.4. The molecule has 2 aliphatic rings. The van der Waals surface area contributed by atoms with Crippen molar-refractivity contribution in [3.63, 3.8) is 0 Å². The van der Waals surface area contributed by atoms with Crippen LogP contribution in [-0.2, 0) is 24.8 Å². The van der Waals surface area contributed by atoms with Crippen LogP contribution in [0.15, 0.2) is 54.7 Å². The lowest BCUT2D eigenvalue weighted by molar-refractivity contribution is -0.126. The highest BCUT2D eigenvalue weighted by molar-refractivity contribution is 6.00. The van der Waals surface area contributed by atoms with Gasteiger partial charge in [0.1, 0.15) is 5.65 Å². The SMILES string of the molecule is COc1cc2c(cc1OC)CN(C(=O)/C=C/c1c(-c3ccc4c(c3)OCO4)n(C)c3ncccc13)CC2.Cl. The molecule has 6 rings (SSSR count). The quantitative estimate of drug-likeness (QED) is 0.336. The molecule has 0 saturated heterocycles. The summed E-state index contributed by atoms with van der Waals surface area (Å²) in [6.07, 6.45) is 6.09. The molecule has 0 aliphatic carbocycles. The molecule has 0 fully saturated rings. The van der Waals surface area contributed by atoms with Crippen molar-refractivity contribution < 1.29 is 23.7 Å². The molecule has 0 N–H and O–H groups in total. The maximum absolute atomic E-state index is 13.3. The average Bonchev–Trinajstić information content (AvgIpc) is 3.52. The lowest BCUT2D eigenvalue weighted by Gasteiger charge is -2.28. The maximum atomic E-state index is 13.3. The van der Waals surface area contributed by atoms with E-state index in [1.165, 1.54) is 5.56 Å². The molecule has 38 heavy (non-hydrogen) atoms. The Morgan fingerprint density at radius 3 is 2.58 bits per heavy atom. The molecule has 9 heteroatoms. The smallest absolute Gasteiger partial charge is 0.246 e. The van der Waals surface area contributed by atoms with Crippen molar-refractivity contribution in [2.45, 2.75) is 13.0 Å². The van der Waals surface area contributed by atoms with E-state index in [1.54, 1.807) is 26.5 Å². The predicted molar refractivity (Wildman–Crippen MR) is 147 cm³/mol. The molecule has 0 spiro atoms. The number of hydrogen-bond donors (Lipinski definition) is 0. The first-order valence-corrected chi connectivity index (χ1v) is 12.1. The number of halogens is 1. The fourth-order valence-corrected chi connectivity index (χ4v) is 5.18. The van der Waals surface area contributed by atoms with Crippen LogP contribution < -0.4 is 18.9 Å². The maximum Gasteiger partial charge on any atom is 0.246 e. The van der Waals surface area contributed by atoms with E-state index in [-0.39, 0.29) is 25.1 Å². The number of benzene rings is 2. The summed E-state index contributed by atoms with van der Waals surface area (Å²) in [5.41, 5.74) is 5.94. The van der Waals surface area contributed by atoms with Gasteiger partial charge in [-0.25, -0.2) is 4.98 Å². The average molecular weight is 534 g/mol. The number of ether oxygens (including phenoxy) is 4. The fourth-order valence-electron chi connectivity index (χ4n) is 5.18. The Kier molecular flexibility index (Phi) is 6.91. The summed E-state index contributed by atoms with van der Waals surface area (Å²) in [5.74, 6) is 2.77. The Morgan fingerprint density at radius 1 is 1.03 bits per heavy atom. The van der Waals surface area contributed by atoms with Crippen molar-refractivity contribution in [1.29, 1.82) is 0 Å². The van der Waals surface area contributed by atoms with E-state index in [4.69, 9.17) is 18.9 Å². The van der Waals surface area contributed by atoms with Crippen LogP contribution in [0.4, 0.5) is 0 Å². The highest BCUT2D eigenvalue weighted by Gasteiger charge is 2.23. The van der Waals surface area contributed by atoms with E-state index in [1.807, 2.05) is 65.1 Å². The molecular weight excluding hydrogens is 506 g/mol. The number of hydrogen-bond acceptors (Lipinski definition) is 6. The van der Waals surface area contributed by atoms with Gasteiger partial charge in [-0.05, 0) is 66.1 Å². The Balaban J connectivity index is 0.00000294. The van der Waals surface area contributed by atoms with Gasteiger partial charge in [0.2, 0.25) is 12.7 Å². The van der Waals surface area contributed by atoms with E-state index < -0.39 is 0 Å². The van der Waals surface area contributed by atoms with E-state index >= 15 is 0 Å². The monoisotopic (exact) mass is 533 g/mol. The molecule has 1 amide bonds. The number of aryl methyl sites for hydroxylation is 1. The van der Waals surface area contributed by atoms with Crippen molar-refractivity contribution in [2.75, 3.05) is 27.6 Å². The second kappa shape index (κ2) is 10.3. The second-order valence-corrected chi connectivity index (χ2v) is 9.08. The number of rotatable bonds is 5. The Hall–Kier alpha value is -4.17. The molecule has 0 saturated carbocycles. The minimum absolute atomic E-state index is 0. The third kappa shape index (κ3) is 4.31. The molecule has 0 bridgehead atoms. The highest BCUT2D eigenvalue weighted by Crippen LogP contribution is 2.40. The number of pyridine rings is 1. The summed E-state index contributed by atoms with van der Waals surface area (Å²) in [7, 11) is 5.24. The standard InChI is InChI=1S/C29H27N3O5.ClH/c1-31-28(19-6-8-23-26(14-19)37-17-36-23)21(22-5-4-11-30-29(22)31)7-9-27(33)32-12-10-18-13-24(34-2)25(35-3)15-20(18)16-32;/h4-9,11,13-15H,10,12,16-17H2,1-3H3;1H/b9-7+;. The van der Waals surface area contributed by atoms with Gasteiger partial charge in [-0.2, -0.15) is 0 Å². The first-order chi connectivity index (χ1) is 18.1. The van der Waals surface area contributed by atoms with Gasteiger partial charge in [0.15, 0.2) is 23.0 Å².